The normalized spacial score (nSPS) is 12.7. The highest BCUT2D eigenvalue weighted by Crippen LogP contribution is 2.24. The number of hydrogen-bond acceptors (Lipinski definition) is 6. The summed E-state index contributed by atoms with van der Waals surface area (Å²) in [4.78, 5) is 15.6. The van der Waals surface area contributed by atoms with Crippen LogP contribution in [0.4, 0.5) is 9.18 Å². The number of alkyl halides is 1. The van der Waals surface area contributed by atoms with Crippen molar-refractivity contribution in [2.24, 2.45) is 0 Å². The molecule has 0 aliphatic heterocycles. The average Bonchev–Trinajstić information content (AvgIpc) is 2.95. The molecule has 0 saturated heterocycles. The summed E-state index contributed by atoms with van der Waals surface area (Å²) in [7, 11) is 0. The van der Waals surface area contributed by atoms with Crippen molar-refractivity contribution in [3.63, 3.8) is 0 Å². The molecule has 2 aromatic rings. The summed E-state index contributed by atoms with van der Waals surface area (Å²) in [6, 6.07) is 5.19. The first-order chi connectivity index (χ1) is 11.2. The fraction of sp³-hybridized carbons (Fsp3) is 0.467. The topological polar surface area (TPSA) is 90.1 Å². The van der Waals surface area contributed by atoms with Crippen molar-refractivity contribution in [3.8, 4) is 11.6 Å². The summed E-state index contributed by atoms with van der Waals surface area (Å²) < 4.78 is 25.1. The Morgan fingerprint density at radius 1 is 1.42 bits per heavy atom. The number of nitrogens with one attached hydrogen (secondary N) is 1. The third-order valence-corrected chi connectivity index (χ3v) is 3.15. The molecule has 0 aromatic carbocycles. The third kappa shape index (κ3) is 5.55. The Morgan fingerprint density at radius 3 is 2.83 bits per heavy atom. The Labute approximate surface area is 147 Å². The average molecular weight is 401 g/mol. The molecule has 1 N–H and O–H groups in total. The number of ether oxygens (including phenoxy) is 1. The second-order valence-electron chi connectivity index (χ2n) is 5.98. The molecule has 0 aliphatic rings. The van der Waals surface area contributed by atoms with E-state index in [2.05, 4.69) is 36.4 Å². The zero-order valence-electron chi connectivity index (χ0n) is 13.5. The van der Waals surface area contributed by atoms with Gasteiger partial charge in [0.05, 0.1) is 0 Å². The lowest BCUT2D eigenvalue weighted by atomic mass is 10.2. The summed E-state index contributed by atoms with van der Waals surface area (Å²) >= 11 is 3.24. The third-order valence-electron chi connectivity index (χ3n) is 2.71. The Bertz CT molecular complexity index is 702. The lowest BCUT2D eigenvalue weighted by Crippen LogP contribution is -2.33. The summed E-state index contributed by atoms with van der Waals surface area (Å²) in [5, 5.41) is 9.95. The second kappa shape index (κ2) is 7.69. The van der Waals surface area contributed by atoms with Crippen LogP contribution in [0.25, 0.3) is 11.6 Å². The largest absolute Gasteiger partial charge is 0.444 e. The van der Waals surface area contributed by atoms with E-state index in [0.717, 1.165) is 0 Å². The van der Waals surface area contributed by atoms with Crippen molar-refractivity contribution in [3.05, 3.63) is 28.7 Å². The quantitative estimate of drug-likeness (QED) is 0.767. The minimum absolute atomic E-state index is 0.00715. The minimum Gasteiger partial charge on any atom is -0.444 e. The molecule has 0 fully saturated rings. The monoisotopic (exact) mass is 400 g/mol. The van der Waals surface area contributed by atoms with Crippen LogP contribution in [0.3, 0.4) is 0 Å². The molecule has 9 heteroatoms. The van der Waals surface area contributed by atoms with E-state index in [0.29, 0.717) is 10.3 Å². The number of hydrogen-bond donors (Lipinski definition) is 1. The Balaban J connectivity index is 1.87. The van der Waals surface area contributed by atoms with Gasteiger partial charge in [0, 0.05) is 13.0 Å². The van der Waals surface area contributed by atoms with Gasteiger partial charge in [-0.3, -0.25) is 0 Å². The molecule has 0 bridgehead atoms. The molecule has 7 nitrogen and oxygen atoms in total. The predicted octanol–water partition coefficient (Wildman–Crippen LogP) is 3.82. The maximum Gasteiger partial charge on any atom is 0.407 e. The molecule has 0 spiro atoms. The van der Waals surface area contributed by atoms with Gasteiger partial charge in [-0.05, 0) is 48.8 Å². The van der Waals surface area contributed by atoms with Crippen molar-refractivity contribution >= 4 is 22.0 Å². The molecule has 0 unspecified atom stereocenters. The Kier molecular flexibility index (Phi) is 5.87. The minimum atomic E-state index is -1.49. The zero-order chi connectivity index (χ0) is 17.7. The predicted molar refractivity (Wildman–Crippen MR) is 87.9 cm³/mol. The fourth-order valence-electron chi connectivity index (χ4n) is 1.73. The van der Waals surface area contributed by atoms with Crippen LogP contribution in [0.2, 0.25) is 0 Å². The van der Waals surface area contributed by atoms with Crippen LogP contribution in [0, 0.1) is 0 Å². The number of alkyl carbamates (subject to hydrolysis) is 1. The molecule has 1 atom stereocenters. The van der Waals surface area contributed by atoms with Crippen molar-refractivity contribution in [1.29, 1.82) is 0 Å². The number of pyridine rings is 1. The molecule has 2 aromatic heterocycles. The van der Waals surface area contributed by atoms with Gasteiger partial charge in [-0.2, -0.15) is 0 Å². The van der Waals surface area contributed by atoms with Gasteiger partial charge in [0.25, 0.3) is 11.8 Å². The van der Waals surface area contributed by atoms with Gasteiger partial charge in [-0.15, -0.1) is 10.2 Å². The number of aromatic nitrogens is 3. The first kappa shape index (κ1) is 18.3. The van der Waals surface area contributed by atoms with Crippen LogP contribution >= 0.6 is 15.9 Å². The van der Waals surface area contributed by atoms with Crippen LogP contribution in [0.15, 0.2) is 27.2 Å². The molecular formula is C15H18BrFN4O3. The molecule has 0 saturated carbocycles. The van der Waals surface area contributed by atoms with Crippen molar-refractivity contribution in [1.82, 2.24) is 20.5 Å². The maximum atomic E-state index is 14.1. The van der Waals surface area contributed by atoms with Crippen LogP contribution in [-0.2, 0) is 4.74 Å². The molecule has 0 aliphatic carbocycles. The summed E-state index contributed by atoms with van der Waals surface area (Å²) in [6.07, 6.45) is -2.10. The number of rotatable bonds is 5. The van der Waals surface area contributed by atoms with E-state index in [9.17, 15) is 9.18 Å². The molecule has 1 amide bonds. The molecule has 2 heterocycles. The van der Waals surface area contributed by atoms with E-state index >= 15 is 0 Å². The van der Waals surface area contributed by atoms with E-state index in [1.54, 1.807) is 39.0 Å². The van der Waals surface area contributed by atoms with Gasteiger partial charge in [-0.1, -0.05) is 6.07 Å². The summed E-state index contributed by atoms with van der Waals surface area (Å²) in [5.41, 5.74) is -0.153. The summed E-state index contributed by atoms with van der Waals surface area (Å²) in [5.74, 6) is -0.0215. The lowest BCUT2D eigenvalue weighted by molar-refractivity contribution is 0.0522. The van der Waals surface area contributed by atoms with E-state index < -0.39 is 17.9 Å². The fourth-order valence-corrected chi connectivity index (χ4v) is 2.07. The molecule has 2 rings (SSSR count). The molecule has 0 radical (unpaired) electrons. The summed E-state index contributed by atoms with van der Waals surface area (Å²) in [6.45, 7) is 5.34. The van der Waals surface area contributed by atoms with Gasteiger partial charge in [0.1, 0.15) is 15.9 Å². The Hall–Kier alpha value is -2.03. The van der Waals surface area contributed by atoms with Crippen molar-refractivity contribution in [2.75, 3.05) is 6.54 Å². The highest BCUT2D eigenvalue weighted by molar-refractivity contribution is 9.10. The number of amides is 1. The van der Waals surface area contributed by atoms with Crippen LogP contribution in [0.1, 0.15) is 39.3 Å². The number of carbonyl (C=O) groups is 1. The van der Waals surface area contributed by atoms with Gasteiger partial charge in [0.15, 0.2) is 6.17 Å². The van der Waals surface area contributed by atoms with Crippen LogP contribution in [0.5, 0.6) is 0 Å². The smallest absolute Gasteiger partial charge is 0.407 e. The standard InChI is InChI=1S/C15H18BrFN4O3/c1-15(2,3)24-14(22)18-8-7-9(17)12-20-21-13(23-12)10-5-4-6-11(16)19-10/h4-6,9H,7-8H2,1-3H3,(H,18,22)/t9-/m1/s1. The Morgan fingerprint density at radius 2 is 2.17 bits per heavy atom. The molecular weight excluding hydrogens is 383 g/mol. The van der Waals surface area contributed by atoms with Crippen LogP contribution < -0.4 is 5.32 Å². The van der Waals surface area contributed by atoms with Gasteiger partial charge in [0.2, 0.25) is 0 Å². The highest BCUT2D eigenvalue weighted by Gasteiger charge is 2.20. The van der Waals surface area contributed by atoms with E-state index in [1.165, 1.54) is 0 Å². The lowest BCUT2D eigenvalue weighted by Gasteiger charge is -2.19. The van der Waals surface area contributed by atoms with Gasteiger partial charge >= 0.3 is 6.09 Å². The van der Waals surface area contributed by atoms with Gasteiger partial charge < -0.3 is 14.5 Å². The molecule has 24 heavy (non-hydrogen) atoms. The van der Waals surface area contributed by atoms with Crippen molar-refractivity contribution < 1.29 is 18.3 Å². The number of carbonyl (C=O) groups excluding carboxylic acids is 1. The highest BCUT2D eigenvalue weighted by atomic mass is 79.9. The second-order valence-corrected chi connectivity index (χ2v) is 6.79. The SMILES string of the molecule is CC(C)(C)OC(=O)NCC[C@@H](F)c1nnc(-c2cccc(Br)n2)o1. The van der Waals surface area contributed by atoms with E-state index in [-0.39, 0.29) is 24.7 Å². The first-order valence-corrected chi connectivity index (χ1v) is 8.11. The van der Waals surface area contributed by atoms with Gasteiger partial charge in [-0.25, -0.2) is 14.2 Å². The first-order valence-electron chi connectivity index (χ1n) is 7.32. The maximum absolute atomic E-state index is 14.1. The van der Waals surface area contributed by atoms with Crippen molar-refractivity contribution in [2.45, 2.75) is 39.0 Å². The number of nitrogens with zero attached hydrogens (tertiary/aromatic N) is 3. The zero-order valence-corrected chi connectivity index (χ0v) is 15.1. The number of halogens is 2. The molecule has 130 valence electrons. The van der Waals surface area contributed by atoms with Crippen LogP contribution in [-0.4, -0.2) is 33.4 Å². The van der Waals surface area contributed by atoms with E-state index in [1.807, 2.05) is 0 Å². The van der Waals surface area contributed by atoms with E-state index in [4.69, 9.17) is 9.15 Å².